The molecule has 15 heavy (non-hydrogen) atoms. The van der Waals surface area contributed by atoms with Crippen molar-refractivity contribution in [1.82, 2.24) is 10.0 Å². The molecule has 0 bridgehead atoms. The molecule has 0 aromatic carbocycles. The molecule has 4 nitrogen and oxygen atoms in total. The normalized spacial score (nSPS) is 36.0. The lowest BCUT2D eigenvalue weighted by molar-refractivity contribution is -0.138. The molecule has 2 fully saturated rings. The third-order valence-corrected chi connectivity index (χ3v) is 3.60. The van der Waals surface area contributed by atoms with Crippen LogP contribution in [0.25, 0.3) is 0 Å². The van der Waals surface area contributed by atoms with Crippen LogP contribution in [0.1, 0.15) is 33.1 Å². The Kier molecular flexibility index (Phi) is 2.78. The van der Waals surface area contributed by atoms with E-state index in [9.17, 15) is 9.59 Å². The van der Waals surface area contributed by atoms with Gasteiger partial charge in [0, 0.05) is 19.0 Å². The highest BCUT2D eigenvalue weighted by Crippen LogP contribution is 2.35. The fraction of sp³-hybridized carbons (Fsp3) is 0.818. The average molecular weight is 210 g/mol. The average Bonchev–Trinajstić information content (AvgIpc) is 2.70. The standard InChI is InChI=1S/C11H18N2O2/c1-3-4-10-9(7-14)8(2)13-11(15)5-6-12(10)13/h7-10H,3-6H2,1-2H3/t8-,9-,10+/m1/s1. The van der Waals surface area contributed by atoms with E-state index in [1.165, 1.54) is 0 Å². The number of rotatable bonds is 3. The molecule has 0 saturated carbocycles. The molecular weight excluding hydrogens is 192 g/mol. The first kappa shape index (κ1) is 10.6. The lowest BCUT2D eigenvalue weighted by Gasteiger charge is -2.25. The summed E-state index contributed by atoms with van der Waals surface area (Å²) in [5, 5.41) is 3.91. The smallest absolute Gasteiger partial charge is 0.238 e. The van der Waals surface area contributed by atoms with Crippen LogP contribution >= 0.6 is 0 Å². The SMILES string of the molecule is CCC[C@H]1[C@H](C=O)[C@@H](C)N2C(=O)CCN12. The minimum atomic E-state index is -0.00537. The highest BCUT2D eigenvalue weighted by atomic mass is 16.2. The van der Waals surface area contributed by atoms with E-state index in [0.717, 1.165) is 25.7 Å². The predicted molar refractivity (Wildman–Crippen MR) is 55.9 cm³/mol. The van der Waals surface area contributed by atoms with E-state index in [1.807, 2.05) is 6.92 Å². The van der Waals surface area contributed by atoms with E-state index in [0.29, 0.717) is 6.42 Å². The first-order valence-electron chi connectivity index (χ1n) is 5.74. The first-order valence-corrected chi connectivity index (χ1v) is 5.74. The maximum Gasteiger partial charge on any atom is 0.238 e. The van der Waals surface area contributed by atoms with Gasteiger partial charge in [-0.15, -0.1) is 0 Å². The number of hydrazine groups is 1. The van der Waals surface area contributed by atoms with Crippen molar-refractivity contribution in [3.05, 3.63) is 0 Å². The second-order valence-electron chi connectivity index (χ2n) is 4.46. The monoisotopic (exact) mass is 210 g/mol. The topological polar surface area (TPSA) is 40.6 Å². The van der Waals surface area contributed by atoms with Crippen molar-refractivity contribution in [2.45, 2.75) is 45.2 Å². The van der Waals surface area contributed by atoms with Gasteiger partial charge in [-0.25, -0.2) is 5.01 Å². The van der Waals surface area contributed by atoms with Crippen LogP contribution in [0.2, 0.25) is 0 Å². The summed E-state index contributed by atoms with van der Waals surface area (Å²) >= 11 is 0. The van der Waals surface area contributed by atoms with Crippen LogP contribution in [-0.2, 0) is 9.59 Å². The van der Waals surface area contributed by atoms with Gasteiger partial charge in [0.1, 0.15) is 6.29 Å². The summed E-state index contributed by atoms with van der Waals surface area (Å²) in [6.07, 6.45) is 3.69. The molecule has 84 valence electrons. The Morgan fingerprint density at radius 2 is 2.27 bits per heavy atom. The maximum absolute atomic E-state index is 11.6. The molecule has 0 aliphatic carbocycles. The summed E-state index contributed by atoms with van der Waals surface area (Å²) in [5.41, 5.74) is 0. The summed E-state index contributed by atoms with van der Waals surface area (Å²) in [7, 11) is 0. The summed E-state index contributed by atoms with van der Waals surface area (Å²) in [6.45, 7) is 4.89. The first-order chi connectivity index (χ1) is 7.20. The molecule has 0 unspecified atom stereocenters. The van der Waals surface area contributed by atoms with Gasteiger partial charge in [0.15, 0.2) is 0 Å². The molecule has 0 N–H and O–H groups in total. The maximum atomic E-state index is 11.6. The number of fused-ring (bicyclic) bond motifs is 1. The minimum absolute atomic E-state index is 0.00537. The number of amides is 1. The van der Waals surface area contributed by atoms with Crippen LogP contribution in [0, 0.1) is 5.92 Å². The quantitative estimate of drug-likeness (QED) is 0.648. The fourth-order valence-corrected chi connectivity index (χ4v) is 2.89. The van der Waals surface area contributed by atoms with E-state index in [1.54, 1.807) is 5.01 Å². The van der Waals surface area contributed by atoms with Gasteiger partial charge >= 0.3 is 0 Å². The molecule has 0 spiro atoms. The van der Waals surface area contributed by atoms with Crippen molar-refractivity contribution < 1.29 is 9.59 Å². The van der Waals surface area contributed by atoms with Crippen molar-refractivity contribution in [1.29, 1.82) is 0 Å². The van der Waals surface area contributed by atoms with Gasteiger partial charge in [-0.05, 0) is 13.3 Å². The predicted octanol–water partition coefficient (Wildman–Crippen LogP) is 0.822. The molecule has 4 heteroatoms. The van der Waals surface area contributed by atoms with Crippen LogP contribution in [0.4, 0.5) is 0 Å². The van der Waals surface area contributed by atoms with Crippen LogP contribution in [0.3, 0.4) is 0 Å². The van der Waals surface area contributed by atoms with Crippen molar-refractivity contribution in [2.24, 2.45) is 5.92 Å². The molecule has 0 aromatic heterocycles. The van der Waals surface area contributed by atoms with Gasteiger partial charge in [-0.3, -0.25) is 9.80 Å². The van der Waals surface area contributed by atoms with Gasteiger partial charge in [0.05, 0.1) is 12.0 Å². The number of aldehydes is 1. The zero-order chi connectivity index (χ0) is 11.0. The largest absolute Gasteiger partial charge is 0.303 e. The molecule has 2 heterocycles. The zero-order valence-electron chi connectivity index (χ0n) is 9.35. The molecule has 1 amide bonds. The lowest BCUT2D eigenvalue weighted by Crippen LogP contribution is -2.39. The van der Waals surface area contributed by atoms with Crippen LogP contribution < -0.4 is 0 Å². The molecule has 0 aromatic rings. The molecule has 3 atom stereocenters. The number of hydrogen-bond acceptors (Lipinski definition) is 3. The Balaban J connectivity index is 2.22. The highest BCUT2D eigenvalue weighted by Gasteiger charge is 2.49. The Bertz CT molecular complexity index is 280. The molecule has 2 aliphatic heterocycles. The Morgan fingerprint density at radius 1 is 1.53 bits per heavy atom. The molecule has 0 radical (unpaired) electrons. The van der Waals surface area contributed by atoms with Crippen LogP contribution in [-0.4, -0.2) is 40.8 Å². The van der Waals surface area contributed by atoms with E-state index >= 15 is 0 Å². The third kappa shape index (κ3) is 1.47. The summed E-state index contributed by atoms with van der Waals surface area (Å²) in [5.74, 6) is 0.169. The summed E-state index contributed by atoms with van der Waals surface area (Å²) < 4.78 is 0. The van der Waals surface area contributed by atoms with Crippen LogP contribution in [0.5, 0.6) is 0 Å². The second-order valence-corrected chi connectivity index (χ2v) is 4.46. The van der Waals surface area contributed by atoms with Gasteiger partial charge < -0.3 is 4.79 Å². The van der Waals surface area contributed by atoms with E-state index < -0.39 is 0 Å². The molecule has 2 saturated heterocycles. The number of hydrogen-bond donors (Lipinski definition) is 0. The third-order valence-electron chi connectivity index (χ3n) is 3.60. The van der Waals surface area contributed by atoms with Crippen molar-refractivity contribution in [2.75, 3.05) is 6.54 Å². The van der Waals surface area contributed by atoms with Crippen molar-refractivity contribution in [3.8, 4) is 0 Å². The van der Waals surface area contributed by atoms with E-state index in [4.69, 9.17) is 0 Å². The zero-order valence-corrected chi connectivity index (χ0v) is 9.35. The van der Waals surface area contributed by atoms with Gasteiger partial charge in [-0.2, -0.15) is 0 Å². The van der Waals surface area contributed by atoms with Gasteiger partial charge in [0.2, 0.25) is 5.91 Å². The number of carbonyl (C=O) groups is 2. The Hall–Kier alpha value is -0.900. The van der Waals surface area contributed by atoms with Crippen molar-refractivity contribution in [3.63, 3.8) is 0 Å². The highest BCUT2D eigenvalue weighted by molar-refractivity contribution is 5.79. The fourth-order valence-electron chi connectivity index (χ4n) is 2.89. The van der Waals surface area contributed by atoms with E-state index in [-0.39, 0.29) is 23.9 Å². The van der Waals surface area contributed by atoms with E-state index in [2.05, 4.69) is 11.9 Å². The molecule has 2 rings (SSSR count). The summed E-state index contributed by atoms with van der Waals surface area (Å²) in [4.78, 5) is 22.7. The Morgan fingerprint density at radius 3 is 2.87 bits per heavy atom. The second kappa shape index (κ2) is 3.93. The van der Waals surface area contributed by atoms with Crippen molar-refractivity contribution >= 4 is 12.2 Å². The number of nitrogens with zero attached hydrogens (tertiary/aromatic N) is 2. The molecular formula is C11H18N2O2. The lowest BCUT2D eigenvalue weighted by atomic mass is 9.92. The van der Waals surface area contributed by atoms with Gasteiger partial charge in [-0.1, -0.05) is 13.3 Å². The summed E-state index contributed by atoms with van der Waals surface area (Å²) in [6, 6.07) is 0.294. The van der Waals surface area contributed by atoms with Gasteiger partial charge in [0.25, 0.3) is 0 Å². The molecule has 2 aliphatic rings. The minimum Gasteiger partial charge on any atom is -0.303 e. The Labute approximate surface area is 90.2 Å². The van der Waals surface area contributed by atoms with Crippen LogP contribution in [0.15, 0.2) is 0 Å². The number of carbonyl (C=O) groups excluding carboxylic acids is 2.